The maximum atomic E-state index is 12.6. The Hall–Kier alpha value is -1.98. The Morgan fingerprint density at radius 2 is 2.09 bits per heavy atom. The number of likely N-dealkylation sites (tertiary alicyclic amines) is 1. The molecule has 0 spiro atoms. The first kappa shape index (κ1) is 15.9. The molecule has 2 aromatic rings. The Morgan fingerprint density at radius 1 is 1.26 bits per heavy atom. The van der Waals surface area contributed by atoms with Gasteiger partial charge < -0.3 is 5.32 Å². The largest absolute Gasteiger partial charge is 0.323 e. The van der Waals surface area contributed by atoms with Crippen LogP contribution >= 0.6 is 11.6 Å². The highest BCUT2D eigenvalue weighted by atomic mass is 35.5. The van der Waals surface area contributed by atoms with Crippen molar-refractivity contribution in [3.8, 4) is 0 Å². The topological polar surface area (TPSA) is 58.1 Å². The summed E-state index contributed by atoms with van der Waals surface area (Å²) in [5.41, 5.74) is 1.85. The molecule has 6 heteroatoms. The van der Waals surface area contributed by atoms with E-state index in [1.807, 2.05) is 12.1 Å². The van der Waals surface area contributed by atoms with Crippen molar-refractivity contribution in [3.05, 3.63) is 53.6 Å². The van der Waals surface area contributed by atoms with E-state index in [9.17, 15) is 4.79 Å². The average Bonchev–Trinajstić information content (AvgIpc) is 2.58. The van der Waals surface area contributed by atoms with Crippen LogP contribution in [0.3, 0.4) is 0 Å². The number of hydrogen-bond donors (Lipinski definition) is 1. The molecule has 0 saturated carbocycles. The molecule has 3 heterocycles. The fourth-order valence-electron chi connectivity index (χ4n) is 2.88. The zero-order valence-corrected chi connectivity index (χ0v) is 13.5. The third kappa shape index (κ3) is 4.27. The third-order valence-corrected chi connectivity index (χ3v) is 4.27. The van der Waals surface area contributed by atoms with Gasteiger partial charge in [0.05, 0.1) is 17.9 Å². The molecule has 2 aromatic heterocycles. The molecule has 1 fully saturated rings. The molecular weight excluding hydrogens is 312 g/mol. The molecular formula is C17H19ClN4O. The van der Waals surface area contributed by atoms with Crippen molar-refractivity contribution in [3.63, 3.8) is 0 Å². The Morgan fingerprint density at radius 3 is 2.83 bits per heavy atom. The number of piperidine rings is 1. The van der Waals surface area contributed by atoms with Crippen LogP contribution in [-0.2, 0) is 11.3 Å². The van der Waals surface area contributed by atoms with Crippen LogP contribution in [0.4, 0.5) is 5.69 Å². The van der Waals surface area contributed by atoms with Crippen LogP contribution < -0.4 is 5.32 Å². The molecule has 0 radical (unpaired) electrons. The minimum Gasteiger partial charge on any atom is -0.323 e. The third-order valence-electron chi connectivity index (χ3n) is 4.05. The van der Waals surface area contributed by atoms with Crippen LogP contribution in [0.5, 0.6) is 0 Å². The van der Waals surface area contributed by atoms with Crippen molar-refractivity contribution in [1.82, 2.24) is 14.9 Å². The minimum atomic E-state index is -0.118. The smallest absolute Gasteiger partial charge is 0.241 e. The molecule has 1 aliphatic rings. The molecule has 5 nitrogen and oxygen atoms in total. The van der Waals surface area contributed by atoms with E-state index in [0.717, 1.165) is 32.4 Å². The van der Waals surface area contributed by atoms with Gasteiger partial charge in [-0.1, -0.05) is 18.0 Å². The SMILES string of the molecule is O=C(Nc1ccc(Cl)nc1)C1CCCCN1Cc1ccncc1. The van der Waals surface area contributed by atoms with Gasteiger partial charge in [0.15, 0.2) is 0 Å². The molecule has 0 aliphatic carbocycles. The fourth-order valence-corrected chi connectivity index (χ4v) is 2.99. The first-order valence-electron chi connectivity index (χ1n) is 7.78. The number of carbonyl (C=O) groups excluding carboxylic acids is 1. The van der Waals surface area contributed by atoms with Crippen LogP contribution in [0.2, 0.25) is 5.15 Å². The Bertz CT molecular complexity index is 647. The van der Waals surface area contributed by atoms with Crippen LogP contribution in [-0.4, -0.2) is 33.4 Å². The first-order chi connectivity index (χ1) is 11.2. The lowest BCUT2D eigenvalue weighted by Gasteiger charge is -2.34. The van der Waals surface area contributed by atoms with E-state index in [1.165, 1.54) is 5.56 Å². The van der Waals surface area contributed by atoms with Crippen molar-refractivity contribution in [2.75, 3.05) is 11.9 Å². The van der Waals surface area contributed by atoms with Gasteiger partial charge in [-0.3, -0.25) is 14.7 Å². The molecule has 1 saturated heterocycles. The predicted octanol–water partition coefficient (Wildman–Crippen LogP) is 3.12. The predicted molar refractivity (Wildman–Crippen MR) is 90.2 cm³/mol. The molecule has 0 bridgehead atoms. The zero-order chi connectivity index (χ0) is 16.1. The second kappa shape index (κ2) is 7.53. The molecule has 1 atom stereocenters. The summed E-state index contributed by atoms with van der Waals surface area (Å²) in [6.45, 7) is 1.69. The van der Waals surface area contributed by atoms with E-state index in [4.69, 9.17) is 11.6 Å². The second-order valence-corrected chi connectivity index (χ2v) is 6.08. The van der Waals surface area contributed by atoms with E-state index >= 15 is 0 Å². The summed E-state index contributed by atoms with van der Waals surface area (Å²) < 4.78 is 0. The molecule has 3 rings (SSSR count). The fraction of sp³-hybridized carbons (Fsp3) is 0.353. The Balaban J connectivity index is 1.67. The van der Waals surface area contributed by atoms with Crippen LogP contribution in [0, 0.1) is 0 Å². The number of nitrogens with one attached hydrogen (secondary N) is 1. The van der Waals surface area contributed by atoms with E-state index in [-0.39, 0.29) is 11.9 Å². The molecule has 120 valence electrons. The monoisotopic (exact) mass is 330 g/mol. The lowest BCUT2D eigenvalue weighted by Crippen LogP contribution is -2.46. The highest BCUT2D eigenvalue weighted by molar-refractivity contribution is 6.29. The lowest BCUT2D eigenvalue weighted by atomic mass is 10.0. The number of halogens is 1. The number of nitrogens with zero attached hydrogens (tertiary/aromatic N) is 3. The van der Waals surface area contributed by atoms with Crippen molar-refractivity contribution in [2.24, 2.45) is 0 Å². The normalized spacial score (nSPS) is 18.6. The molecule has 23 heavy (non-hydrogen) atoms. The molecule has 1 N–H and O–H groups in total. The maximum absolute atomic E-state index is 12.6. The van der Waals surface area contributed by atoms with Crippen LogP contribution in [0.25, 0.3) is 0 Å². The molecule has 1 aliphatic heterocycles. The van der Waals surface area contributed by atoms with Gasteiger partial charge in [0.1, 0.15) is 5.15 Å². The van der Waals surface area contributed by atoms with Crippen molar-refractivity contribution >= 4 is 23.2 Å². The summed E-state index contributed by atoms with van der Waals surface area (Å²) in [4.78, 5) is 22.9. The minimum absolute atomic E-state index is 0.0166. The number of pyridine rings is 2. The van der Waals surface area contributed by atoms with E-state index < -0.39 is 0 Å². The van der Waals surface area contributed by atoms with Gasteiger partial charge in [-0.15, -0.1) is 0 Å². The first-order valence-corrected chi connectivity index (χ1v) is 8.15. The van der Waals surface area contributed by atoms with Gasteiger partial charge in [-0.05, 0) is 49.2 Å². The van der Waals surface area contributed by atoms with Crippen molar-refractivity contribution in [1.29, 1.82) is 0 Å². The van der Waals surface area contributed by atoms with Gasteiger partial charge >= 0.3 is 0 Å². The Labute approximate surface area is 140 Å². The number of carbonyl (C=O) groups is 1. The lowest BCUT2D eigenvalue weighted by molar-refractivity contribution is -0.122. The standard InChI is InChI=1S/C17H19ClN4O/c18-16-5-4-14(11-20-16)21-17(23)15-3-1-2-10-22(15)12-13-6-8-19-9-7-13/h4-9,11,15H,1-3,10,12H2,(H,21,23). The van der Waals surface area contributed by atoms with Gasteiger partial charge in [-0.2, -0.15) is 0 Å². The quantitative estimate of drug-likeness (QED) is 0.875. The van der Waals surface area contributed by atoms with Crippen LogP contribution in [0.1, 0.15) is 24.8 Å². The van der Waals surface area contributed by atoms with E-state index in [1.54, 1.807) is 30.7 Å². The van der Waals surface area contributed by atoms with E-state index in [0.29, 0.717) is 10.8 Å². The number of rotatable bonds is 4. The molecule has 0 aromatic carbocycles. The van der Waals surface area contributed by atoms with E-state index in [2.05, 4.69) is 20.2 Å². The summed E-state index contributed by atoms with van der Waals surface area (Å²) >= 11 is 5.77. The van der Waals surface area contributed by atoms with Gasteiger partial charge in [0.2, 0.25) is 5.91 Å². The highest BCUT2D eigenvalue weighted by Gasteiger charge is 2.28. The van der Waals surface area contributed by atoms with Gasteiger partial charge in [0, 0.05) is 18.9 Å². The molecule has 1 unspecified atom stereocenters. The van der Waals surface area contributed by atoms with Crippen molar-refractivity contribution in [2.45, 2.75) is 31.8 Å². The maximum Gasteiger partial charge on any atom is 0.241 e. The number of anilines is 1. The average molecular weight is 331 g/mol. The number of aromatic nitrogens is 2. The molecule has 1 amide bonds. The highest BCUT2D eigenvalue weighted by Crippen LogP contribution is 2.21. The second-order valence-electron chi connectivity index (χ2n) is 5.70. The van der Waals surface area contributed by atoms with Crippen LogP contribution in [0.15, 0.2) is 42.9 Å². The van der Waals surface area contributed by atoms with Gasteiger partial charge in [-0.25, -0.2) is 4.98 Å². The number of hydrogen-bond acceptors (Lipinski definition) is 4. The van der Waals surface area contributed by atoms with Gasteiger partial charge in [0.25, 0.3) is 0 Å². The zero-order valence-electron chi connectivity index (χ0n) is 12.8. The van der Waals surface area contributed by atoms with Crippen molar-refractivity contribution < 1.29 is 4.79 Å². The summed E-state index contributed by atoms with van der Waals surface area (Å²) in [5.74, 6) is 0.0166. The summed E-state index contributed by atoms with van der Waals surface area (Å²) in [6, 6.07) is 7.31. The Kier molecular flexibility index (Phi) is 5.20. The summed E-state index contributed by atoms with van der Waals surface area (Å²) in [5, 5.41) is 3.36. The number of amides is 1. The summed E-state index contributed by atoms with van der Waals surface area (Å²) in [7, 11) is 0. The summed E-state index contributed by atoms with van der Waals surface area (Å²) in [6.07, 6.45) is 8.22.